The number of unbranched alkanes of at least 4 members (excludes halogenated alkanes) is 14. The van der Waals surface area contributed by atoms with Crippen molar-refractivity contribution in [1.29, 1.82) is 0 Å². The molecule has 0 bridgehead atoms. The number of carbonyl (C=O) groups is 4. The first kappa shape index (κ1) is 33.8. The number of amides is 1. The topological polar surface area (TPSA) is 161 Å². The highest BCUT2D eigenvalue weighted by Crippen LogP contribution is 2.28. The summed E-state index contributed by atoms with van der Waals surface area (Å²) < 4.78 is 0. The van der Waals surface area contributed by atoms with E-state index in [1.165, 1.54) is 77.6 Å². The second-order valence-corrected chi connectivity index (χ2v) is 9.90. The molecule has 5 N–H and O–H groups in total. The molecule has 0 aliphatic carbocycles. The van der Waals surface area contributed by atoms with Crippen LogP contribution in [-0.4, -0.2) is 55.9 Å². The highest BCUT2D eigenvalue weighted by atomic mass is 16.4. The number of aliphatic hydroxyl groups is 1. The van der Waals surface area contributed by atoms with Gasteiger partial charge in [0.15, 0.2) is 5.60 Å². The van der Waals surface area contributed by atoms with Gasteiger partial charge in [0.25, 0.3) is 0 Å². The summed E-state index contributed by atoms with van der Waals surface area (Å²) in [7, 11) is 0. The maximum atomic E-state index is 12.3. The zero-order valence-corrected chi connectivity index (χ0v) is 22.3. The maximum absolute atomic E-state index is 12.3. The number of rotatable bonds is 24. The zero-order valence-electron chi connectivity index (χ0n) is 22.3. The van der Waals surface area contributed by atoms with Gasteiger partial charge in [-0.1, -0.05) is 104 Å². The lowest BCUT2D eigenvalue weighted by Gasteiger charge is -2.34. The Kier molecular flexibility index (Phi) is 18.8. The molecule has 0 aliphatic heterocycles. The molecule has 3 atom stereocenters. The van der Waals surface area contributed by atoms with Gasteiger partial charge in [0.2, 0.25) is 5.91 Å². The van der Waals surface area contributed by atoms with Crippen molar-refractivity contribution < 1.29 is 39.6 Å². The summed E-state index contributed by atoms with van der Waals surface area (Å²) >= 11 is 0. The van der Waals surface area contributed by atoms with Crippen LogP contribution in [0.3, 0.4) is 0 Å². The Morgan fingerprint density at radius 1 is 0.694 bits per heavy atom. The Morgan fingerprint density at radius 2 is 1.11 bits per heavy atom. The summed E-state index contributed by atoms with van der Waals surface area (Å²) in [6.45, 7) is 3.77. The fourth-order valence-corrected chi connectivity index (χ4v) is 4.62. The van der Waals surface area contributed by atoms with E-state index in [-0.39, 0.29) is 12.8 Å². The summed E-state index contributed by atoms with van der Waals surface area (Å²) in [6.07, 6.45) is 16.9. The number of hydrogen-bond acceptors (Lipinski definition) is 5. The van der Waals surface area contributed by atoms with Crippen molar-refractivity contribution in [3.8, 4) is 0 Å². The third-order valence-corrected chi connectivity index (χ3v) is 6.77. The highest BCUT2D eigenvalue weighted by molar-refractivity contribution is 5.90. The summed E-state index contributed by atoms with van der Waals surface area (Å²) in [5, 5.41) is 40.7. The van der Waals surface area contributed by atoms with Crippen molar-refractivity contribution in [2.75, 3.05) is 0 Å². The van der Waals surface area contributed by atoms with E-state index in [4.69, 9.17) is 5.11 Å². The lowest BCUT2D eigenvalue weighted by molar-refractivity contribution is -0.181. The van der Waals surface area contributed by atoms with Crippen LogP contribution in [0.1, 0.15) is 129 Å². The third kappa shape index (κ3) is 14.4. The minimum atomic E-state index is -3.04. The molecule has 0 spiro atoms. The fraction of sp³-hybridized carbons (Fsp3) is 0.852. The fourth-order valence-electron chi connectivity index (χ4n) is 4.62. The van der Waals surface area contributed by atoms with Crippen LogP contribution in [0.25, 0.3) is 0 Å². The Bertz CT molecular complexity index is 654. The Balaban J connectivity index is 4.20. The molecule has 0 saturated carbocycles. The van der Waals surface area contributed by atoms with Crippen molar-refractivity contribution in [3.63, 3.8) is 0 Å². The van der Waals surface area contributed by atoms with Crippen LogP contribution in [0, 0.1) is 5.92 Å². The van der Waals surface area contributed by atoms with E-state index >= 15 is 0 Å². The lowest BCUT2D eigenvalue weighted by atomic mass is 9.78. The number of hydrogen-bond donors (Lipinski definition) is 5. The van der Waals surface area contributed by atoms with E-state index in [9.17, 15) is 34.5 Å². The minimum absolute atomic E-state index is 0.0246. The Labute approximate surface area is 216 Å². The van der Waals surface area contributed by atoms with Crippen LogP contribution in [0.15, 0.2) is 0 Å². The molecule has 0 heterocycles. The first-order valence-electron chi connectivity index (χ1n) is 13.8. The van der Waals surface area contributed by atoms with Gasteiger partial charge in [-0.3, -0.25) is 14.4 Å². The van der Waals surface area contributed by atoms with E-state index in [1.807, 2.05) is 0 Å². The molecule has 0 aromatic carbocycles. The summed E-state index contributed by atoms with van der Waals surface area (Å²) in [5.74, 6) is -7.72. The summed E-state index contributed by atoms with van der Waals surface area (Å²) in [4.78, 5) is 46.7. The third-order valence-electron chi connectivity index (χ3n) is 6.77. The van der Waals surface area contributed by atoms with Crippen molar-refractivity contribution in [2.24, 2.45) is 5.92 Å². The van der Waals surface area contributed by atoms with E-state index in [1.54, 1.807) is 0 Å². The summed E-state index contributed by atoms with van der Waals surface area (Å²) in [5.41, 5.74) is -3.04. The van der Waals surface area contributed by atoms with Gasteiger partial charge in [-0.25, -0.2) is 4.79 Å². The van der Waals surface area contributed by atoms with Crippen LogP contribution in [0.2, 0.25) is 0 Å². The van der Waals surface area contributed by atoms with Crippen LogP contribution in [0.5, 0.6) is 0 Å². The number of carbonyl (C=O) groups excluding carboxylic acids is 1. The molecule has 9 nitrogen and oxygen atoms in total. The first-order valence-corrected chi connectivity index (χ1v) is 13.8. The normalized spacial score (nSPS) is 14.5. The van der Waals surface area contributed by atoms with E-state index in [2.05, 4.69) is 12.2 Å². The zero-order chi connectivity index (χ0) is 27.4. The first-order chi connectivity index (χ1) is 17.1. The van der Waals surface area contributed by atoms with E-state index in [0.29, 0.717) is 6.42 Å². The van der Waals surface area contributed by atoms with Gasteiger partial charge in [0.1, 0.15) is 5.92 Å². The second-order valence-electron chi connectivity index (χ2n) is 9.90. The van der Waals surface area contributed by atoms with Gasteiger partial charge >= 0.3 is 17.9 Å². The van der Waals surface area contributed by atoms with Crippen molar-refractivity contribution >= 4 is 23.8 Å². The van der Waals surface area contributed by atoms with Crippen LogP contribution in [-0.2, 0) is 19.2 Å². The highest BCUT2D eigenvalue weighted by Gasteiger charge is 2.53. The van der Waals surface area contributed by atoms with Gasteiger partial charge in [-0.05, 0) is 12.8 Å². The Morgan fingerprint density at radius 3 is 1.44 bits per heavy atom. The number of carboxylic acids is 3. The van der Waals surface area contributed by atoms with Crippen LogP contribution >= 0.6 is 0 Å². The lowest BCUT2D eigenvalue weighted by Crippen LogP contribution is -2.59. The average molecular weight is 516 g/mol. The van der Waals surface area contributed by atoms with Gasteiger partial charge < -0.3 is 25.7 Å². The van der Waals surface area contributed by atoms with Crippen molar-refractivity contribution in [3.05, 3.63) is 0 Å². The molecule has 0 radical (unpaired) electrons. The maximum Gasteiger partial charge on any atom is 0.337 e. The minimum Gasteiger partial charge on any atom is -0.481 e. The van der Waals surface area contributed by atoms with Gasteiger partial charge in [0, 0.05) is 12.5 Å². The molecule has 3 unspecified atom stereocenters. The predicted molar refractivity (Wildman–Crippen MR) is 138 cm³/mol. The van der Waals surface area contributed by atoms with Crippen LogP contribution < -0.4 is 5.32 Å². The van der Waals surface area contributed by atoms with E-state index < -0.39 is 47.8 Å². The van der Waals surface area contributed by atoms with E-state index in [0.717, 1.165) is 19.3 Å². The molecular formula is C27H49NO8. The molecule has 0 aliphatic rings. The number of carboxylic acid groups (broad SMARTS) is 3. The molecule has 1 amide bonds. The monoisotopic (exact) mass is 515 g/mol. The molecule has 0 aromatic heterocycles. The van der Waals surface area contributed by atoms with Crippen molar-refractivity contribution in [2.45, 2.75) is 141 Å². The molecule has 9 heteroatoms. The molecular weight excluding hydrogens is 466 g/mol. The molecule has 36 heavy (non-hydrogen) atoms. The van der Waals surface area contributed by atoms with Gasteiger partial charge in [0.05, 0.1) is 6.42 Å². The van der Waals surface area contributed by atoms with Gasteiger partial charge in [-0.15, -0.1) is 0 Å². The second kappa shape index (κ2) is 20.0. The molecule has 0 saturated heterocycles. The number of nitrogens with one attached hydrogen (secondary N) is 1. The SMILES string of the molecule is CCCCCCCCCCCCCCCCCC(=O)NC(CC)C(C(=O)O)C(O)(CC(=O)O)C(=O)O. The van der Waals surface area contributed by atoms with Crippen LogP contribution in [0.4, 0.5) is 0 Å². The molecule has 210 valence electrons. The predicted octanol–water partition coefficient (Wildman–Crippen LogP) is 5.13. The molecule has 0 fully saturated rings. The molecule has 0 aromatic rings. The summed E-state index contributed by atoms with van der Waals surface area (Å²) in [6, 6.07) is -1.22. The Hall–Kier alpha value is -2.16. The number of aliphatic carboxylic acids is 3. The smallest absolute Gasteiger partial charge is 0.337 e. The van der Waals surface area contributed by atoms with Crippen molar-refractivity contribution in [1.82, 2.24) is 5.32 Å². The standard InChI is InChI=1S/C27H49NO8/c1-3-5-6-7-8-9-10-11-12-13-14-15-16-17-18-19-22(29)28-21(4-2)24(25(32)33)27(36,26(34)35)20-23(30)31/h21,24,36H,3-20H2,1-2H3,(H,28,29)(H,30,31)(H,32,33)(H,34,35). The van der Waals surface area contributed by atoms with Gasteiger partial charge in [-0.2, -0.15) is 0 Å². The average Bonchev–Trinajstić information content (AvgIpc) is 2.80. The molecule has 0 rings (SSSR count). The quantitative estimate of drug-likeness (QED) is 0.110. The largest absolute Gasteiger partial charge is 0.481 e.